The Morgan fingerprint density at radius 2 is 1.83 bits per heavy atom. The molecule has 0 spiro atoms. The molecule has 0 aliphatic heterocycles. The molecule has 1 heterocycles. The zero-order valence-corrected chi connectivity index (χ0v) is 13.2. The third-order valence-corrected chi connectivity index (χ3v) is 3.07. The third-order valence-electron chi connectivity index (χ3n) is 3.07. The van der Waals surface area contributed by atoms with Crippen molar-refractivity contribution in [3.63, 3.8) is 0 Å². The summed E-state index contributed by atoms with van der Waals surface area (Å²) in [5.74, 6) is 0.318. The number of amides is 3. The number of pyridine rings is 1. The summed E-state index contributed by atoms with van der Waals surface area (Å²) in [4.78, 5) is 27.7. The highest BCUT2D eigenvalue weighted by Crippen LogP contribution is 2.09. The van der Waals surface area contributed by atoms with Gasteiger partial charge in [0.1, 0.15) is 5.82 Å². The Balaban J connectivity index is 1.71. The number of nitrogens with zero attached hydrogens (tertiary/aromatic N) is 1. The van der Waals surface area contributed by atoms with E-state index in [-0.39, 0.29) is 24.9 Å². The van der Waals surface area contributed by atoms with E-state index in [1.165, 1.54) is 0 Å². The van der Waals surface area contributed by atoms with Gasteiger partial charge in [-0.15, -0.1) is 0 Å². The largest absolute Gasteiger partial charge is 0.337 e. The maximum absolute atomic E-state index is 11.8. The molecule has 120 valence electrons. The fraction of sp³-hybridized carbons (Fsp3) is 0.235. The van der Waals surface area contributed by atoms with Gasteiger partial charge in [0.2, 0.25) is 5.91 Å². The minimum absolute atomic E-state index is 0.177. The van der Waals surface area contributed by atoms with Crippen LogP contribution in [0, 0.1) is 13.8 Å². The normalized spacial score (nSPS) is 10.0. The Morgan fingerprint density at radius 1 is 1.04 bits per heavy atom. The number of carbonyl (C=O) groups is 2. The highest BCUT2D eigenvalue weighted by Gasteiger charge is 2.05. The smallest absolute Gasteiger partial charge is 0.319 e. The van der Waals surface area contributed by atoms with Crippen molar-refractivity contribution in [3.8, 4) is 0 Å². The number of carbonyl (C=O) groups excluding carboxylic acids is 2. The van der Waals surface area contributed by atoms with Gasteiger partial charge < -0.3 is 16.0 Å². The number of nitrogens with one attached hydrogen (secondary N) is 3. The summed E-state index contributed by atoms with van der Waals surface area (Å²) in [6, 6.07) is 12.6. The highest BCUT2D eigenvalue weighted by atomic mass is 16.2. The predicted molar refractivity (Wildman–Crippen MR) is 90.4 cm³/mol. The average Bonchev–Trinajstić information content (AvgIpc) is 2.47. The maximum Gasteiger partial charge on any atom is 0.319 e. The van der Waals surface area contributed by atoms with E-state index in [1.807, 2.05) is 50.2 Å². The van der Waals surface area contributed by atoms with Gasteiger partial charge in [-0.3, -0.25) is 4.79 Å². The molecule has 0 unspecified atom stereocenters. The van der Waals surface area contributed by atoms with Crippen molar-refractivity contribution in [2.45, 2.75) is 20.3 Å². The summed E-state index contributed by atoms with van der Waals surface area (Å²) >= 11 is 0. The van der Waals surface area contributed by atoms with E-state index >= 15 is 0 Å². The number of aromatic nitrogens is 1. The monoisotopic (exact) mass is 312 g/mol. The molecule has 2 rings (SSSR count). The Labute approximate surface area is 135 Å². The average molecular weight is 312 g/mol. The van der Waals surface area contributed by atoms with Crippen LogP contribution in [0.1, 0.15) is 17.7 Å². The second kappa shape index (κ2) is 7.93. The van der Waals surface area contributed by atoms with Crippen molar-refractivity contribution >= 4 is 23.4 Å². The minimum Gasteiger partial charge on any atom is -0.337 e. The molecular formula is C17H20N4O2. The third kappa shape index (κ3) is 5.78. The molecule has 0 bridgehead atoms. The summed E-state index contributed by atoms with van der Waals surface area (Å²) in [6.45, 7) is 4.05. The zero-order valence-electron chi connectivity index (χ0n) is 13.2. The summed E-state index contributed by atoms with van der Waals surface area (Å²) in [6.07, 6.45) is 0.177. The van der Waals surface area contributed by atoms with Crippen molar-refractivity contribution in [2.24, 2.45) is 0 Å². The summed E-state index contributed by atoms with van der Waals surface area (Å²) in [7, 11) is 0. The molecule has 0 saturated carbocycles. The first-order valence-corrected chi connectivity index (χ1v) is 7.38. The number of hydrogen-bond donors (Lipinski definition) is 3. The van der Waals surface area contributed by atoms with E-state index in [0.717, 1.165) is 16.9 Å². The molecule has 2 aromatic rings. The van der Waals surface area contributed by atoms with Gasteiger partial charge in [0, 0.05) is 24.3 Å². The molecule has 0 saturated heterocycles. The van der Waals surface area contributed by atoms with Crippen LogP contribution in [0.4, 0.5) is 16.3 Å². The van der Waals surface area contributed by atoms with Gasteiger partial charge >= 0.3 is 6.03 Å². The van der Waals surface area contributed by atoms with Gasteiger partial charge in [0.15, 0.2) is 0 Å². The molecule has 0 fully saturated rings. The van der Waals surface area contributed by atoms with Crippen LogP contribution in [0.25, 0.3) is 0 Å². The summed E-state index contributed by atoms with van der Waals surface area (Å²) in [5.41, 5.74) is 2.61. The molecule has 1 aromatic carbocycles. The molecule has 1 aromatic heterocycles. The molecule has 0 aliphatic rings. The summed E-state index contributed by atoms with van der Waals surface area (Å²) < 4.78 is 0. The highest BCUT2D eigenvalue weighted by molar-refractivity contribution is 5.91. The van der Waals surface area contributed by atoms with Crippen LogP contribution in [-0.2, 0) is 4.79 Å². The van der Waals surface area contributed by atoms with Crippen LogP contribution in [0.5, 0.6) is 0 Å². The van der Waals surface area contributed by atoms with Gasteiger partial charge in [-0.1, -0.05) is 18.2 Å². The van der Waals surface area contributed by atoms with Crippen LogP contribution in [0.2, 0.25) is 0 Å². The molecule has 6 nitrogen and oxygen atoms in total. The zero-order chi connectivity index (χ0) is 16.7. The topological polar surface area (TPSA) is 83.1 Å². The van der Waals surface area contributed by atoms with Crippen LogP contribution < -0.4 is 16.0 Å². The Hall–Kier alpha value is -2.89. The quantitative estimate of drug-likeness (QED) is 0.794. The van der Waals surface area contributed by atoms with Gasteiger partial charge in [0.25, 0.3) is 0 Å². The second-order valence-corrected chi connectivity index (χ2v) is 5.21. The van der Waals surface area contributed by atoms with Gasteiger partial charge in [-0.05, 0) is 43.7 Å². The fourth-order valence-electron chi connectivity index (χ4n) is 2.01. The first-order valence-electron chi connectivity index (χ1n) is 7.38. The first-order chi connectivity index (χ1) is 11.0. The SMILES string of the molecule is Cc1cccc(NC(=O)NCCC(=O)Nc2cccc(C)n2)c1. The lowest BCUT2D eigenvalue weighted by Gasteiger charge is -2.08. The van der Waals surface area contributed by atoms with Gasteiger partial charge in [0.05, 0.1) is 0 Å². The van der Waals surface area contributed by atoms with Gasteiger partial charge in [-0.2, -0.15) is 0 Å². The fourth-order valence-corrected chi connectivity index (χ4v) is 2.01. The standard InChI is InChI=1S/C17H20N4O2/c1-12-5-3-7-14(11-12)20-17(23)18-10-9-16(22)21-15-8-4-6-13(2)19-15/h3-8,11H,9-10H2,1-2H3,(H2,18,20,23)(H,19,21,22). The minimum atomic E-state index is -0.336. The van der Waals surface area contributed by atoms with E-state index in [4.69, 9.17) is 0 Å². The van der Waals surface area contributed by atoms with Crippen LogP contribution in [-0.4, -0.2) is 23.5 Å². The number of aryl methyl sites for hydroxylation is 2. The predicted octanol–water partition coefficient (Wildman–Crippen LogP) is 2.85. The van der Waals surface area contributed by atoms with Crippen molar-refractivity contribution < 1.29 is 9.59 Å². The van der Waals surface area contributed by atoms with Crippen molar-refractivity contribution in [1.82, 2.24) is 10.3 Å². The van der Waals surface area contributed by atoms with E-state index in [0.29, 0.717) is 5.82 Å². The number of anilines is 2. The van der Waals surface area contributed by atoms with E-state index < -0.39 is 0 Å². The van der Waals surface area contributed by atoms with E-state index in [9.17, 15) is 9.59 Å². The maximum atomic E-state index is 11.8. The summed E-state index contributed by atoms with van der Waals surface area (Å²) in [5, 5.41) is 8.06. The molecule has 0 radical (unpaired) electrons. The number of rotatable bonds is 5. The number of benzene rings is 1. The molecule has 0 atom stereocenters. The number of hydrogen-bond acceptors (Lipinski definition) is 3. The molecular weight excluding hydrogens is 292 g/mol. The Bertz CT molecular complexity index is 641. The lowest BCUT2D eigenvalue weighted by molar-refractivity contribution is -0.116. The molecule has 3 amide bonds. The van der Waals surface area contributed by atoms with E-state index in [1.54, 1.807) is 6.07 Å². The van der Waals surface area contributed by atoms with Crippen molar-refractivity contribution in [2.75, 3.05) is 17.2 Å². The second-order valence-electron chi connectivity index (χ2n) is 5.21. The Kier molecular flexibility index (Phi) is 5.68. The first kappa shape index (κ1) is 16.5. The molecule has 6 heteroatoms. The van der Waals surface area contributed by atoms with Crippen LogP contribution in [0.15, 0.2) is 42.5 Å². The lowest BCUT2D eigenvalue weighted by atomic mass is 10.2. The van der Waals surface area contributed by atoms with Crippen LogP contribution in [0.3, 0.4) is 0 Å². The van der Waals surface area contributed by atoms with Crippen molar-refractivity contribution in [3.05, 3.63) is 53.7 Å². The molecule has 3 N–H and O–H groups in total. The molecule has 0 aliphatic carbocycles. The Morgan fingerprint density at radius 3 is 2.57 bits per heavy atom. The van der Waals surface area contributed by atoms with Gasteiger partial charge in [-0.25, -0.2) is 9.78 Å². The van der Waals surface area contributed by atoms with Crippen LogP contribution >= 0.6 is 0 Å². The van der Waals surface area contributed by atoms with Crippen molar-refractivity contribution in [1.29, 1.82) is 0 Å². The molecule has 23 heavy (non-hydrogen) atoms. The number of urea groups is 1. The van der Waals surface area contributed by atoms with E-state index in [2.05, 4.69) is 20.9 Å². The lowest BCUT2D eigenvalue weighted by Crippen LogP contribution is -2.31.